The molecule has 2 rings (SSSR count). The summed E-state index contributed by atoms with van der Waals surface area (Å²) in [5, 5.41) is 8.95. The average Bonchev–Trinajstić information content (AvgIpc) is 2.66. The number of hydrogen-bond acceptors (Lipinski definition) is 4. The second-order valence-electron chi connectivity index (χ2n) is 3.55. The first-order valence-electron chi connectivity index (χ1n) is 5.10. The van der Waals surface area contributed by atoms with Crippen molar-refractivity contribution in [2.75, 3.05) is 26.3 Å². The van der Waals surface area contributed by atoms with Gasteiger partial charge in [-0.1, -0.05) is 0 Å². The van der Waals surface area contributed by atoms with E-state index in [2.05, 4.69) is 38.0 Å². The van der Waals surface area contributed by atoms with Gasteiger partial charge < -0.3 is 15.4 Å². The third-order valence-electron chi connectivity index (χ3n) is 2.37. The van der Waals surface area contributed by atoms with Gasteiger partial charge >= 0.3 is 0 Å². The number of morpholine rings is 1. The predicted octanol–water partition coefficient (Wildman–Crippen LogP) is 1.59. The van der Waals surface area contributed by atoms with Gasteiger partial charge in [0.25, 0.3) is 0 Å². The van der Waals surface area contributed by atoms with Crippen LogP contribution in [0.4, 0.5) is 0 Å². The van der Waals surface area contributed by atoms with Crippen molar-refractivity contribution in [2.24, 2.45) is 0 Å². The minimum atomic E-state index is 0.456. The molecular formula is C10H15BrN2OS. The highest BCUT2D eigenvalue weighted by Gasteiger charge is 2.12. The van der Waals surface area contributed by atoms with Gasteiger partial charge in [-0.05, 0) is 27.4 Å². The van der Waals surface area contributed by atoms with E-state index in [4.69, 9.17) is 4.74 Å². The molecule has 1 unspecified atom stereocenters. The van der Waals surface area contributed by atoms with E-state index in [1.165, 1.54) is 9.35 Å². The molecular weight excluding hydrogens is 276 g/mol. The van der Waals surface area contributed by atoms with Crippen LogP contribution < -0.4 is 10.6 Å². The Morgan fingerprint density at radius 2 is 2.60 bits per heavy atom. The first-order chi connectivity index (χ1) is 7.36. The van der Waals surface area contributed by atoms with E-state index in [9.17, 15) is 0 Å². The molecule has 2 heterocycles. The summed E-state index contributed by atoms with van der Waals surface area (Å²) in [6.45, 7) is 4.52. The maximum atomic E-state index is 5.38. The Morgan fingerprint density at radius 3 is 3.27 bits per heavy atom. The minimum Gasteiger partial charge on any atom is -0.378 e. The molecule has 0 aromatic carbocycles. The molecule has 15 heavy (non-hydrogen) atoms. The molecule has 1 aliphatic heterocycles. The van der Waals surface area contributed by atoms with Crippen LogP contribution in [0.3, 0.4) is 0 Å². The van der Waals surface area contributed by atoms with Gasteiger partial charge in [0.15, 0.2) is 0 Å². The molecule has 1 atom stereocenters. The van der Waals surface area contributed by atoms with Crippen molar-refractivity contribution in [3.05, 3.63) is 20.8 Å². The Labute approximate surface area is 102 Å². The zero-order chi connectivity index (χ0) is 10.5. The molecule has 0 amide bonds. The van der Waals surface area contributed by atoms with Crippen molar-refractivity contribution in [3.8, 4) is 0 Å². The summed E-state index contributed by atoms with van der Waals surface area (Å²) >= 11 is 5.30. The second-order valence-corrected chi connectivity index (χ2v) is 5.40. The molecule has 0 spiro atoms. The monoisotopic (exact) mass is 290 g/mol. The predicted molar refractivity (Wildman–Crippen MR) is 66.3 cm³/mol. The molecule has 3 nitrogen and oxygen atoms in total. The highest BCUT2D eigenvalue weighted by molar-refractivity contribution is 9.10. The van der Waals surface area contributed by atoms with Crippen LogP contribution in [0.25, 0.3) is 0 Å². The number of hydrogen-bond donors (Lipinski definition) is 2. The Balaban J connectivity index is 1.68. The van der Waals surface area contributed by atoms with Crippen LogP contribution in [0, 0.1) is 0 Å². The number of thiophene rings is 1. The Hall–Kier alpha value is 0.0600. The third kappa shape index (κ3) is 3.53. The number of rotatable bonds is 4. The second kappa shape index (κ2) is 5.96. The summed E-state index contributed by atoms with van der Waals surface area (Å²) in [5.74, 6) is 0. The smallest absolute Gasteiger partial charge is 0.0632 e. The summed E-state index contributed by atoms with van der Waals surface area (Å²) in [4.78, 5) is 1.35. The molecule has 0 aliphatic carbocycles. The van der Waals surface area contributed by atoms with Crippen molar-refractivity contribution in [2.45, 2.75) is 12.6 Å². The lowest BCUT2D eigenvalue weighted by molar-refractivity contribution is 0.0766. The van der Waals surface area contributed by atoms with Crippen molar-refractivity contribution in [1.29, 1.82) is 0 Å². The lowest BCUT2D eigenvalue weighted by Gasteiger charge is -2.23. The zero-order valence-corrected chi connectivity index (χ0v) is 10.9. The highest BCUT2D eigenvalue weighted by Crippen LogP contribution is 2.21. The van der Waals surface area contributed by atoms with Gasteiger partial charge in [0.2, 0.25) is 0 Å². The van der Waals surface area contributed by atoms with E-state index in [0.29, 0.717) is 6.04 Å². The van der Waals surface area contributed by atoms with Crippen LogP contribution in [-0.2, 0) is 11.3 Å². The maximum absolute atomic E-state index is 5.38. The van der Waals surface area contributed by atoms with Gasteiger partial charge in [0, 0.05) is 35.0 Å². The Morgan fingerprint density at radius 1 is 1.67 bits per heavy atom. The molecule has 5 heteroatoms. The van der Waals surface area contributed by atoms with Gasteiger partial charge in [-0.3, -0.25) is 0 Å². The average molecular weight is 291 g/mol. The quantitative estimate of drug-likeness (QED) is 0.884. The minimum absolute atomic E-state index is 0.456. The van der Waals surface area contributed by atoms with Crippen molar-refractivity contribution < 1.29 is 4.74 Å². The van der Waals surface area contributed by atoms with Crippen molar-refractivity contribution >= 4 is 27.3 Å². The fourth-order valence-electron chi connectivity index (χ4n) is 1.56. The molecule has 0 saturated carbocycles. The van der Waals surface area contributed by atoms with Crippen LogP contribution in [0.2, 0.25) is 0 Å². The summed E-state index contributed by atoms with van der Waals surface area (Å²) in [6, 6.07) is 2.54. The Kier molecular flexibility index (Phi) is 4.59. The number of nitrogens with one attached hydrogen (secondary N) is 2. The van der Waals surface area contributed by atoms with Gasteiger partial charge in [-0.25, -0.2) is 0 Å². The molecule has 1 aromatic heterocycles. The van der Waals surface area contributed by atoms with Crippen molar-refractivity contribution in [3.63, 3.8) is 0 Å². The van der Waals surface area contributed by atoms with Gasteiger partial charge in [-0.2, -0.15) is 0 Å². The molecule has 84 valence electrons. The van der Waals surface area contributed by atoms with Crippen LogP contribution in [0.15, 0.2) is 15.9 Å². The molecule has 0 bridgehead atoms. The van der Waals surface area contributed by atoms with Crippen LogP contribution in [-0.4, -0.2) is 32.3 Å². The molecule has 1 aromatic rings. The van der Waals surface area contributed by atoms with E-state index in [1.54, 1.807) is 11.3 Å². The molecule has 1 aliphatic rings. The van der Waals surface area contributed by atoms with Crippen molar-refractivity contribution in [1.82, 2.24) is 10.6 Å². The van der Waals surface area contributed by atoms with Gasteiger partial charge in [-0.15, -0.1) is 11.3 Å². The molecule has 1 fully saturated rings. The van der Waals surface area contributed by atoms with E-state index in [0.717, 1.165) is 32.8 Å². The standard InChI is InChI=1S/C10H15BrN2OS/c11-9-1-4-15-10(9)6-12-5-8-7-14-3-2-13-8/h1,4,8,12-13H,2-3,5-7H2. The third-order valence-corrected chi connectivity index (χ3v) is 4.29. The van der Waals surface area contributed by atoms with E-state index in [-0.39, 0.29) is 0 Å². The molecule has 1 saturated heterocycles. The lowest BCUT2D eigenvalue weighted by Crippen LogP contribution is -2.47. The highest BCUT2D eigenvalue weighted by atomic mass is 79.9. The first-order valence-corrected chi connectivity index (χ1v) is 6.77. The fourth-order valence-corrected chi connectivity index (χ4v) is 3.02. The summed E-state index contributed by atoms with van der Waals surface area (Å²) in [7, 11) is 0. The SMILES string of the molecule is Brc1ccsc1CNCC1COCCN1. The van der Waals surface area contributed by atoms with Gasteiger partial charge in [0.05, 0.1) is 13.2 Å². The van der Waals surface area contributed by atoms with E-state index in [1.807, 2.05) is 0 Å². The van der Waals surface area contributed by atoms with Gasteiger partial charge in [0.1, 0.15) is 0 Å². The Bertz CT molecular complexity index is 299. The maximum Gasteiger partial charge on any atom is 0.0632 e. The molecule has 2 N–H and O–H groups in total. The zero-order valence-electron chi connectivity index (χ0n) is 8.46. The van der Waals surface area contributed by atoms with E-state index >= 15 is 0 Å². The number of ether oxygens (including phenoxy) is 1. The number of halogens is 1. The van der Waals surface area contributed by atoms with E-state index < -0.39 is 0 Å². The molecule has 0 radical (unpaired) electrons. The topological polar surface area (TPSA) is 33.3 Å². The van der Waals surface area contributed by atoms with Crippen LogP contribution >= 0.6 is 27.3 Å². The first kappa shape index (κ1) is 11.5. The summed E-state index contributed by atoms with van der Waals surface area (Å²) in [5.41, 5.74) is 0. The fraction of sp³-hybridized carbons (Fsp3) is 0.600. The van der Waals surface area contributed by atoms with Crippen LogP contribution in [0.1, 0.15) is 4.88 Å². The lowest BCUT2D eigenvalue weighted by atomic mass is 10.3. The summed E-state index contributed by atoms with van der Waals surface area (Å²) in [6.07, 6.45) is 0. The van der Waals surface area contributed by atoms with Crippen LogP contribution in [0.5, 0.6) is 0 Å². The normalized spacial score (nSPS) is 21.8. The summed E-state index contributed by atoms with van der Waals surface area (Å²) < 4.78 is 6.59. The largest absolute Gasteiger partial charge is 0.378 e.